The fourth-order valence-electron chi connectivity index (χ4n) is 5.26. The van der Waals surface area contributed by atoms with Crippen molar-refractivity contribution < 1.29 is 4.39 Å². The minimum atomic E-state index is -0.254. The van der Waals surface area contributed by atoms with Crippen LogP contribution >= 0.6 is 0 Å². The molecule has 1 spiro atoms. The average molecular weight is 379 g/mol. The third kappa shape index (κ3) is 2.96. The second-order valence-corrected chi connectivity index (χ2v) is 8.35. The summed E-state index contributed by atoms with van der Waals surface area (Å²) < 4.78 is 14.2. The number of nitrogens with zero attached hydrogens (tertiary/aromatic N) is 2. The normalized spacial score (nSPS) is 22.0. The molecule has 0 bridgehead atoms. The molecule has 2 fully saturated rings. The Labute approximate surface area is 164 Å². The predicted molar refractivity (Wildman–Crippen MR) is 109 cm³/mol. The van der Waals surface area contributed by atoms with Crippen LogP contribution in [-0.2, 0) is 0 Å². The number of fused-ring (bicyclic) bond motifs is 1. The monoisotopic (exact) mass is 379 g/mol. The molecule has 2 aromatic heterocycles. The molecular weight excluding hydrogens is 353 g/mol. The van der Waals surface area contributed by atoms with E-state index in [1.165, 1.54) is 38.2 Å². The smallest absolute Gasteiger partial charge is 0.220 e. The van der Waals surface area contributed by atoms with E-state index in [4.69, 9.17) is 5.73 Å². The van der Waals surface area contributed by atoms with Gasteiger partial charge >= 0.3 is 0 Å². The quantitative estimate of drug-likeness (QED) is 0.612. The Morgan fingerprint density at radius 3 is 2.89 bits per heavy atom. The first-order valence-electron chi connectivity index (χ1n) is 10.3. The molecule has 1 saturated carbocycles. The van der Waals surface area contributed by atoms with Crippen molar-refractivity contribution in [3.05, 3.63) is 42.0 Å². The number of anilines is 1. The van der Waals surface area contributed by atoms with E-state index in [0.29, 0.717) is 11.4 Å². The van der Waals surface area contributed by atoms with Gasteiger partial charge < -0.3 is 16.0 Å². The van der Waals surface area contributed by atoms with Crippen LogP contribution in [0.15, 0.2) is 30.6 Å². The lowest BCUT2D eigenvalue weighted by atomic mass is 9.71. The summed E-state index contributed by atoms with van der Waals surface area (Å²) >= 11 is 0. The Balaban J connectivity index is 1.58. The van der Waals surface area contributed by atoms with E-state index in [0.717, 1.165) is 41.6 Å². The van der Waals surface area contributed by atoms with Crippen molar-refractivity contribution in [1.29, 1.82) is 0 Å². The fourth-order valence-corrected chi connectivity index (χ4v) is 5.26. The highest BCUT2D eigenvalue weighted by atomic mass is 19.1. The molecule has 146 valence electrons. The number of rotatable bonds is 2. The summed E-state index contributed by atoms with van der Waals surface area (Å²) in [5, 5.41) is 4.65. The number of nitrogen functional groups attached to an aromatic ring is 1. The third-order valence-electron chi connectivity index (χ3n) is 6.64. The van der Waals surface area contributed by atoms with Crippen LogP contribution in [-0.4, -0.2) is 27.0 Å². The Kier molecular flexibility index (Phi) is 4.31. The van der Waals surface area contributed by atoms with E-state index in [1.807, 2.05) is 18.5 Å². The van der Waals surface area contributed by atoms with Crippen LogP contribution in [0.2, 0.25) is 0 Å². The zero-order chi connectivity index (χ0) is 19.1. The van der Waals surface area contributed by atoms with Crippen molar-refractivity contribution in [2.24, 2.45) is 0 Å². The van der Waals surface area contributed by atoms with Crippen LogP contribution in [0, 0.1) is 5.82 Å². The number of piperidine rings is 1. The maximum absolute atomic E-state index is 14.2. The topological polar surface area (TPSA) is 79.6 Å². The van der Waals surface area contributed by atoms with Gasteiger partial charge in [-0.25, -0.2) is 14.4 Å². The van der Waals surface area contributed by atoms with Crippen LogP contribution in [0.4, 0.5) is 10.3 Å². The SMILES string of the molecule is Nc1ncc(C2CCNC3(CCCCC3)C2)c(-c2c[nH]c3c(F)cccc23)n1. The molecule has 28 heavy (non-hydrogen) atoms. The molecule has 1 aromatic carbocycles. The molecule has 5 rings (SSSR count). The summed E-state index contributed by atoms with van der Waals surface area (Å²) in [6, 6.07) is 5.13. The molecule has 3 heterocycles. The number of nitrogens with one attached hydrogen (secondary N) is 2. The highest BCUT2D eigenvalue weighted by Crippen LogP contribution is 2.43. The number of halogens is 1. The number of H-pyrrole nitrogens is 1. The molecular formula is C22H26FN5. The zero-order valence-electron chi connectivity index (χ0n) is 16.0. The Morgan fingerprint density at radius 2 is 2.04 bits per heavy atom. The summed E-state index contributed by atoms with van der Waals surface area (Å²) in [6.45, 7) is 1.01. The van der Waals surface area contributed by atoms with E-state index >= 15 is 0 Å². The largest absolute Gasteiger partial charge is 0.368 e. The van der Waals surface area contributed by atoms with Crippen LogP contribution < -0.4 is 11.1 Å². The number of para-hydroxylation sites is 1. The van der Waals surface area contributed by atoms with Crippen molar-refractivity contribution in [3.8, 4) is 11.3 Å². The molecule has 6 heteroatoms. The molecule has 1 atom stereocenters. The molecule has 2 aliphatic rings. The Bertz CT molecular complexity index is 1000. The molecule has 0 amide bonds. The highest BCUT2D eigenvalue weighted by Gasteiger charge is 2.38. The summed E-state index contributed by atoms with van der Waals surface area (Å²) in [5.41, 5.74) is 9.57. The number of aromatic amines is 1. The van der Waals surface area contributed by atoms with E-state index in [2.05, 4.69) is 20.3 Å². The van der Waals surface area contributed by atoms with Crippen LogP contribution in [0.5, 0.6) is 0 Å². The summed E-state index contributed by atoms with van der Waals surface area (Å²) in [4.78, 5) is 12.0. The predicted octanol–water partition coefficient (Wildman–Crippen LogP) is 4.52. The number of benzene rings is 1. The Morgan fingerprint density at radius 1 is 1.18 bits per heavy atom. The van der Waals surface area contributed by atoms with Gasteiger partial charge in [0, 0.05) is 34.4 Å². The Hall–Kier alpha value is -2.47. The number of hydrogen-bond acceptors (Lipinski definition) is 4. The maximum Gasteiger partial charge on any atom is 0.220 e. The molecule has 0 radical (unpaired) electrons. The van der Waals surface area contributed by atoms with Gasteiger partial charge in [-0.05, 0) is 44.2 Å². The lowest BCUT2D eigenvalue weighted by Gasteiger charge is -2.45. The van der Waals surface area contributed by atoms with E-state index in [9.17, 15) is 4.39 Å². The minimum Gasteiger partial charge on any atom is -0.368 e. The van der Waals surface area contributed by atoms with Crippen molar-refractivity contribution in [2.45, 2.75) is 56.4 Å². The van der Waals surface area contributed by atoms with Crippen molar-refractivity contribution in [2.75, 3.05) is 12.3 Å². The van der Waals surface area contributed by atoms with Crippen LogP contribution in [0.3, 0.4) is 0 Å². The van der Waals surface area contributed by atoms with E-state index in [1.54, 1.807) is 6.07 Å². The standard InChI is InChI=1S/C22H26FN5/c23-18-6-4-5-15-17(13-25-20(15)18)19-16(12-26-21(24)28-19)14-7-10-27-22(11-14)8-2-1-3-9-22/h4-6,12-14,25,27H,1-3,7-11H2,(H2,24,26,28). The van der Waals surface area contributed by atoms with Crippen molar-refractivity contribution in [3.63, 3.8) is 0 Å². The van der Waals surface area contributed by atoms with Crippen molar-refractivity contribution in [1.82, 2.24) is 20.3 Å². The molecule has 5 nitrogen and oxygen atoms in total. The van der Waals surface area contributed by atoms with E-state index < -0.39 is 0 Å². The lowest BCUT2D eigenvalue weighted by molar-refractivity contribution is 0.169. The van der Waals surface area contributed by atoms with Gasteiger partial charge in [0.2, 0.25) is 5.95 Å². The second-order valence-electron chi connectivity index (χ2n) is 8.35. The molecule has 1 aliphatic heterocycles. The minimum absolute atomic E-state index is 0.242. The molecule has 4 N–H and O–H groups in total. The first kappa shape index (κ1) is 17.6. The number of hydrogen-bond donors (Lipinski definition) is 3. The lowest BCUT2D eigenvalue weighted by Crippen LogP contribution is -2.51. The first-order valence-corrected chi connectivity index (χ1v) is 10.3. The second kappa shape index (κ2) is 6.85. The van der Waals surface area contributed by atoms with Gasteiger partial charge in [0.1, 0.15) is 5.82 Å². The maximum atomic E-state index is 14.2. The third-order valence-corrected chi connectivity index (χ3v) is 6.64. The summed E-state index contributed by atoms with van der Waals surface area (Å²) in [6.07, 6.45) is 12.3. The molecule has 3 aromatic rings. The zero-order valence-corrected chi connectivity index (χ0v) is 16.0. The van der Waals surface area contributed by atoms with Gasteiger partial charge in [0.05, 0.1) is 11.2 Å². The van der Waals surface area contributed by atoms with Crippen LogP contribution in [0.25, 0.3) is 22.2 Å². The van der Waals surface area contributed by atoms with Crippen molar-refractivity contribution >= 4 is 16.9 Å². The summed E-state index contributed by atoms with van der Waals surface area (Å²) in [5.74, 6) is 0.384. The first-order chi connectivity index (χ1) is 13.7. The van der Waals surface area contributed by atoms with E-state index in [-0.39, 0.29) is 17.3 Å². The van der Waals surface area contributed by atoms with Gasteiger partial charge in [-0.1, -0.05) is 31.4 Å². The van der Waals surface area contributed by atoms with Gasteiger partial charge in [0.15, 0.2) is 0 Å². The molecule has 1 unspecified atom stereocenters. The average Bonchev–Trinajstić information content (AvgIpc) is 3.14. The van der Waals surface area contributed by atoms with Gasteiger partial charge in [-0.3, -0.25) is 0 Å². The molecule has 1 saturated heterocycles. The number of nitrogens with two attached hydrogens (primary N) is 1. The molecule has 1 aliphatic carbocycles. The highest BCUT2D eigenvalue weighted by molar-refractivity contribution is 5.95. The number of aromatic nitrogens is 3. The fraction of sp³-hybridized carbons (Fsp3) is 0.455. The van der Waals surface area contributed by atoms with Gasteiger partial charge in [-0.15, -0.1) is 0 Å². The van der Waals surface area contributed by atoms with Gasteiger partial charge in [0.25, 0.3) is 0 Å². The summed E-state index contributed by atoms with van der Waals surface area (Å²) in [7, 11) is 0. The van der Waals surface area contributed by atoms with Gasteiger partial charge in [-0.2, -0.15) is 0 Å². The van der Waals surface area contributed by atoms with Crippen LogP contribution in [0.1, 0.15) is 56.4 Å².